The fraction of sp³-hybridized carbons (Fsp3) is 0.556. The van der Waals surface area contributed by atoms with Crippen molar-refractivity contribution in [2.75, 3.05) is 27.4 Å². The lowest BCUT2D eigenvalue weighted by atomic mass is 10.3. The third kappa shape index (κ3) is 12.1. The Kier molecular flexibility index (Phi) is 16.3. The summed E-state index contributed by atoms with van der Waals surface area (Å²) >= 11 is 0. The molecule has 208 valence electrons. The highest BCUT2D eigenvalue weighted by molar-refractivity contribution is 6.84. The van der Waals surface area contributed by atoms with Gasteiger partial charge in [0.15, 0.2) is 39.6 Å². The zero-order valence-electron chi connectivity index (χ0n) is 20.6. The maximum atomic E-state index is 9.68. The molecule has 0 aliphatic heterocycles. The predicted octanol–water partition coefficient (Wildman–Crippen LogP) is 7.69. The van der Waals surface area contributed by atoms with Crippen molar-refractivity contribution in [3.8, 4) is 34.5 Å². The van der Waals surface area contributed by atoms with Gasteiger partial charge in [0.1, 0.15) is 11.5 Å². The fourth-order valence-corrected chi connectivity index (χ4v) is 12.5. The quantitative estimate of drug-likeness (QED) is 0.187. The molecular weight excluding hydrogens is 492 g/mol. The second-order valence-electron chi connectivity index (χ2n) is 9.19. The Morgan fingerprint density at radius 2 is 1.00 bits per heavy atom. The summed E-state index contributed by atoms with van der Waals surface area (Å²) in [6.45, 7) is 10.3. The smallest absolute Gasteiger partial charge is 0.173 e. The molecule has 36 heavy (non-hydrogen) atoms. The molecular formula is C27H50O7Si2. The molecule has 2 rings (SSSR count). The largest absolute Gasteiger partial charge is 0.504 e. The standard InChI is InChI=1S/C24H38O7Si2.3CH4/c1-27-23-17-19(9-11-21(23)25)29-13-7-15-32(3,4)31-33(5,6)16-8-14-30-20-10-12-22(26)24(18-20)28-2;;;/h9-12,17-18,25-26H,7-8,13-16H2,1-6H3;3*1H4. The van der Waals surface area contributed by atoms with Crippen molar-refractivity contribution >= 4 is 16.6 Å². The second kappa shape index (κ2) is 16.4. The Morgan fingerprint density at radius 3 is 1.33 bits per heavy atom. The number of aromatic hydroxyl groups is 2. The summed E-state index contributed by atoms with van der Waals surface area (Å²) in [7, 11) is -0.588. The van der Waals surface area contributed by atoms with Crippen molar-refractivity contribution in [1.82, 2.24) is 0 Å². The van der Waals surface area contributed by atoms with Crippen molar-refractivity contribution in [2.24, 2.45) is 0 Å². The molecule has 0 heterocycles. The van der Waals surface area contributed by atoms with Crippen LogP contribution in [-0.4, -0.2) is 54.3 Å². The van der Waals surface area contributed by atoms with E-state index in [1.165, 1.54) is 14.2 Å². The van der Waals surface area contributed by atoms with E-state index >= 15 is 0 Å². The minimum atomic E-state index is -1.81. The van der Waals surface area contributed by atoms with Crippen LogP contribution in [0.4, 0.5) is 0 Å². The lowest BCUT2D eigenvalue weighted by Crippen LogP contribution is -2.44. The summed E-state index contributed by atoms with van der Waals surface area (Å²) in [4.78, 5) is 0. The van der Waals surface area contributed by atoms with Crippen LogP contribution in [0.3, 0.4) is 0 Å². The Balaban J connectivity index is 0. The van der Waals surface area contributed by atoms with Crippen molar-refractivity contribution in [2.45, 2.75) is 73.4 Å². The lowest BCUT2D eigenvalue weighted by molar-refractivity contribution is 0.307. The molecule has 2 aromatic carbocycles. The highest BCUT2D eigenvalue weighted by Gasteiger charge is 2.32. The number of rotatable bonds is 14. The molecule has 9 heteroatoms. The number of ether oxygens (including phenoxy) is 4. The molecule has 0 saturated heterocycles. The topological polar surface area (TPSA) is 86.6 Å². The van der Waals surface area contributed by atoms with Gasteiger partial charge in [-0.1, -0.05) is 22.3 Å². The highest BCUT2D eigenvalue weighted by Crippen LogP contribution is 2.31. The van der Waals surface area contributed by atoms with Crippen molar-refractivity contribution in [3.05, 3.63) is 36.4 Å². The normalized spacial score (nSPS) is 10.8. The summed E-state index contributed by atoms with van der Waals surface area (Å²) in [5.74, 6) is 2.40. The minimum Gasteiger partial charge on any atom is -0.504 e. The molecule has 0 spiro atoms. The van der Waals surface area contributed by atoms with Gasteiger partial charge in [0.25, 0.3) is 0 Å². The zero-order valence-corrected chi connectivity index (χ0v) is 22.6. The van der Waals surface area contributed by atoms with Gasteiger partial charge in [0.2, 0.25) is 0 Å². The van der Waals surface area contributed by atoms with Crippen LogP contribution in [0.5, 0.6) is 34.5 Å². The van der Waals surface area contributed by atoms with Crippen LogP contribution in [0.15, 0.2) is 36.4 Å². The van der Waals surface area contributed by atoms with Gasteiger partial charge in [-0.15, -0.1) is 0 Å². The van der Waals surface area contributed by atoms with Gasteiger partial charge in [0, 0.05) is 12.1 Å². The van der Waals surface area contributed by atoms with E-state index in [0.29, 0.717) is 36.2 Å². The third-order valence-electron chi connectivity index (χ3n) is 5.24. The van der Waals surface area contributed by atoms with E-state index in [2.05, 4.69) is 26.2 Å². The predicted molar refractivity (Wildman–Crippen MR) is 155 cm³/mol. The van der Waals surface area contributed by atoms with Gasteiger partial charge < -0.3 is 33.3 Å². The first-order valence-electron chi connectivity index (χ1n) is 11.2. The number of methoxy groups -OCH3 is 2. The SMILES string of the molecule is C.C.C.COc1cc(OCCC[Si](C)(C)O[Si](C)(C)CCCOc2ccc(O)c(OC)c2)ccc1O. The third-order valence-corrected chi connectivity index (χ3v) is 12.8. The van der Waals surface area contributed by atoms with Gasteiger partial charge in [-0.3, -0.25) is 0 Å². The number of hydrogen-bond acceptors (Lipinski definition) is 7. The number of hydrogen-bond donors (Lipinski definition) is 2. The number of benzene rings is 2. The molecule has 0 atom stereocenters. The maximum Gasteiger partial charge on any atom is 0.173 e. The average molecular weight is 543 g/mol. The molecule has 0 aliphatic carbocycles. The summed E-state index contributed by atoms with van der Waals surface area (Å²) in [5.41, 5.74) is 0. The van der Waals surface area contributed by atoms with Gasteiger partial charge in [0.05, 0.1) is 27.4 Å². The van der Waals surface area contributed by atoms with Gasteiger partial charge in [-0.05, 0) is 75.4 Å². The van der Waals surface area contributed by atoms with E-state index in [-0.39, 0.29) is 33.8 Å². The van der Waals surface area contributed by atoms with Crippen LogP contribution in [0, 0.1) is 0 Å². The van der Waals surface area contributed by atoms with E-state index in [0.717, 1.165) is 24.9 Å². The first kappa shape index (κ1) is 35.8. The second-order valence-corrected chi connectivity index (χ2v) is 18.0. The fourth-order valence-electron chi connectivity index (χ4n) is 3.72. The van der Waals surface area contributed by atoms with Gasteiger partial charge >= 0.3 is 0 Å². The lowest BCUT2D eigenvalue weighted by Gasteiger charge is -2.34. The first-order chi connectivity index (χ1) is 15.5. The van der Waals surface area contributed by atoms with Gasteiger partial charge in [-0.25, -0.2) is 0 Å². The molecule has 0 aliphatic rings. The van der Waals surface area contributed by atoms with E-state index in [1.54, 1.807) is 36.4 Å². The van der Waals surface area contributed by atoms with E-state index in [9.17, 15) is 10.2 Å². The molecule has 0 saturated carbocycles. The Morgan fingerprint density at radius 1 is 0.639 bits per heavy atom. The summed E-state index contributed by atoms with van der Waals surface area (Å²) in [6, 6.07) is 12.1. The zero-order chi connectivity index (χ0) is 24.5. The molecule has 2 N–H and O–H groups in total. The summed E-state index contributed by atoms with van der Waals surface area (Å²) in [5, 5.41) is 19.4. The molecule has 0 fully saturated rings. The van der Waals surface area contributed by atoms with E-state index in [1.807, 2.05) is 0 Å². The molecule has 0 unspecified atom stereocenters. The molecule has 0 bridgehead atoms. The van der Waals surface area contributed by atoms with Crippen LogP contribution in [0.25, 0.3) is 0 Å². The summed E-state index contributed by atoms with van der Waals surface area (Å²) < 4.78 is 28.6. The molecule has 0 radical (unpaired) electrons. The van der Waals surface area contributed by atoms with Crippen LogP contribution < -0.4 is 18.9 Å². The van der Waals surface area contributed by atoms with E-state index < -0.39 is 16.6 Å². The van der Waals surface area contributed by atoms with Crippen LogP contribution in [0.1, 0.15) is 35.1 Å². The monoisotopic (exact) mass is 542 g/mol. The number of phenolic OH excluding ortho intramolecular Hbond substituents is 2. The average Bonchev–Trinajstić information content (AvgIpc) is 2.75. The molecule has 2 aromatic rings. The van der Waals surface area contributed by atoms with Crippen LogP contribution in [0.2, 0.25) is 38.3 Å². The first-order valence-corrected chi connectivity index (χ1v) is 17.5. The molecule has 0 amide bonds. The van der Waals surface area contributed by atoms with Crippen molar-refractivity contribution in [3.63, 3.8) is 0 Å². The molecule has 7 nitrogen and oxygen atoms in total. The summed E-state index contributed by atoms with van der Waals surface area (Å²) in [6.07, 6.45) is 1.83. The Hall–Kier alpha value is -2.37. The van der Waals surface area contributed by atoms with Crippen molar-refractivity contribution in [1.29, 1.82) is 0 Å². The van der Waals surface area contributed by atoms with E-state index in [4.69, 9.17) is 23.1 Å². The highest BCUT2D eigenvalue weighted by atomic mass is 28.4. The molecule has 0 aromatic heterocycles. The Labute approximate surface area is 221 Å². The van der Waals surface area contributed by atoms with Gasteiger partial charge in [-0.2, -0.15) is 0 Å². The maximum absolute atomic E-state index is 9.68. The van der Waals surface area contributed by atoms with Crippen molar-refractivity contribution < 1.29 is 33.3 Å². The minimum absolute atomic E-state index is 0. The Bertz CT molecular complexity index is 817. The van der Waals surface area contributed by atoms with Crippen LogP contribution in [-0.2, 0) is 4.12 Å². The van der Waals surface area contributed by atoms with Crippen LogP contribution >= 0.6 is 0 Å². The number of phenols is 2.